The number of carbonyl (C=O) groups excluding carboxylic acids is 1. The number of nitrogens with one attached hydrogen (secondary N) is 2. The van der Waals surface area contributed by atoms with Crippen LogP contribution < -0.4 is 21.3 Å². The summed E-state index contributed by atoms with van der Waals surface area (Å²) in [7, 11) is 0. The highest BCUT2D eigenvalue weighted by Gasteiger charge is 2.16. The van der Waals surface area contributed by atoms with E-state index < -0.39 is 10.8 Å². The number of benzene rings is 3. The van der Waals surface area contributed by atoms with Crippen LogP contribution in [0.25, 0.3) is 0 Å². The van der Waals surface area contributed by atoms with Gasteiger partial charge in [-0.25, -0.2) is 10.1 Å². The summed E-state index contributed by atoms with van der Waals surface area (Å²) in [4.78, 5) is 22.8. The predicted octanol–water partition coefficient (Wildman–Crippen LogP) is 3.66. The number of anilines is 2. The van der Waals surface area contributed by atoms with Crippen molar-refractivity contribution >= 4 is 41.2 Å². The first-order chi connectivity index (χ1) is 18.0. The molecule has 0 bridgehead atoms. The molecule has 0 aliphatic carbocycles. The van der Waals surface area contributed by atoms with Crippen molar-refractivity contribution in [3.8, 4) is 5.75 Å². The summed E-state index contributed by atoms with van der Waals surface area (Å²) in [5.74, 6) is 6.29. The van der Waals surface area contributed by atoms with Gasteiger partial charge in [0, 0.05) is 11.6 Å². The molecule has 0 saturated heterocycles. The normalized spacial score (nSPS) is 10.8. The zero-order valence-electron chi connectivity index (χ0n) is 19.4. The Labute approximate surface area is 215 Å². The van der Waals surface area contributed by atoms with Crippen molar-refractivity contribution in [2.45, 2.75) is 11.8 Å². The molecule has 37 heavy (non-hydrogen) atoms. The molecule has 4 N–H and O–H groups in total. The van der Waals surface area contributed by atoms with Crippen molar-refractivity contribution in [1.29, 1.82) is 0 Å². The van der Waals surface area contributed by atoms with Crippen LogP contribution in [0, 0.1) is 10.1 Å². The van der Waals surface area contributed by atoms with E-state index in [1.165, 1.54) is 18.2 Å². The fourth-order valence-electron chi connectivity index (χ4n) is 3.12. The van der Waals surface area contributed by atoms with Crippen LogP contribution in [0.4, 0.5) is 17.3 Å². The number of nitrogens with two attached hydrogens (primary N) is 1. The second-order valence-electron chi connectivity index (χ2n) is 7.47. The molecule has 0 saturated carbocycles. The maximum absolute atomic E-state index is 12.3. The molecule has 0 spiro atoms. The Morgan fingerprint density at radius 3 is 2.62 bits per heavy atom. The minimum absolute atomic E-state index is 0.0865. The Morgan fingerprint density at radius 1 is 1.08 bits per heavy atom. The third-order valence-corrected chi connectivity index (χ3v) is 5.84. The van der Waals surface area contributed by atoms with E-state index in [1.807, 2.05) is 54.6 Å². The molecule has 12 nitrogen and oxygen atoms in total. The van der Waals surface area contributed by atoms with E-state index in [1.54, 1.807) is 12.3 Å². The van der Waals surface area contributed by atoms with E-state index in [4.69, 9.17) is 10.6 Å². The number of rotatable bonds is 11. The van der Waals surface area contributed by atoms with Gasteiger partial charge >= 0.3 is 0 Å². The Bertz CT molecular complexity index is 1410. The Hall–Kier alpha value is -4.91. The minimum atomic E-state index is -0.564. The largest absolute Gasteiger partial charge is 0.488 e. The second-order valence-corrected chi connectivity index (χ2v) is 8.41. The summed E-state index contributed by atoms with van der Waals surface area (Å²) in [6.07, 6.45) is 1.57. The van der Waals surface area contributed by atoms with Crippen LogP contribution >= 0.6 is 11.8 Å². The number of hydrogen-bond acceptors (Lipinski definition) is 10. The van der Waals surface area contributed by atoms with E-state index in [2.05, 4.69) is 26.0 Å². The zero-order valence-corrected chi connectivity index (χ0v) is 20.2. The molecule has 0 unspecified atom stereocenters. The molecule has 0 fully saturated rings. The molecule has 4 aromatic rings. The monoisotopic (exact) mass is 518 g/mol. The molecule has 13 heteroatoms. The average molecular weight is 519 g/mol. The van der Waals surface area contributed by atoms with Gasteiger partial charge in [0.15, 0.2) is 0 Å². The number of nitro benzene ring substituents is 1. The summed E-state index contributed by atoms with van der Waals surface area (Å²) in [6.45, 7) is 0.419. The standard InChI is InChI=1S/C24H22N8O4S/c25-31-23(28-26-14-18-10-4-7-13-21(18)36-15-17-8-2-1-3-9-17)29-30-24(31)37-16-22(33)27-19-11-5-6-12-20(19)32(34)35/h1-14H,15-16,25H2,(H,27,33)(H,28,29)/b26-14+. The van der Waals surface area contributed by atoms with Gasteiger partial charge in [-0.15, -0.1) is 10.2 Å². The molecule has 188 valence electrons. The summed E-state index contributed by atoms with van der Waals surface area (Å²) < 4.78 is 7.07. The van der Waals surface area contributed by atoms with Gasteiger partial charge < -0.3 is 15.9 Å². The first-order valence-corrected chi connectivity index (χ1v) is 11.9. The molecule has 1 aromatic heterocycles. The third-order valence-electron chi connectivity index (χ3n) is 4.90. The van der Waals surface area contributed by atoms with Crippen LogP contribution in [-0.2, 0) is 11.4 Å². The number of thioether (sulfide) groups is 1. The van der Waals surface area contributed by atoms with Crippen molar-refractivity contribution in [1.82, 2.24) is 14.9 Å². The summed E-state index contributed by atoms with van der Waals surface area (Å²) >= 11 is 1.02. The number of ether oxygens (including phenoxy) is 1. The molecular formula is C24H22N8O4S. The van der Waals surface area contributed by atoms with Crippen molar-refractivity contribution < 1.29 is 14.5 Å². The lowest BCUT2D eigenvalue weighted by atomic mass is 10.2. The van der Waals surface area contributed by atoms with Crippen LogP contribution in [0.15, 0.2) is 89.1 Å². The molecule has 0 radical (unpaired) electrons. The van der Waals surface area contributed by atoms with E-state index in [-0.39, 0.29) is 28.2 Å². The molecule has 1 amide bonds. The van der Waals surface area contributed by atoms with Crippen LogP contribution in [0.2, 0.25) is 0 Å². The van der Waals surface area contributed by atoms with Gasteiger partial charge in [0.2, 0.25) is 11.1 Å². The van der Waals surface area contributed by atoms with Crippen LogP contribution in [0.1, 0.15) is 11.1 Å². The summed E-state index contributed by atoms with van der Waals surface area (Å²) in [5, 5.41) is 25.9. The molecule has 4 rings (SSSR count). The minimum Gasteiger partial charge on any atom is -0.488 e. The number of carbonyl (C=O) groups is 1. The van der Waals surface area contributed by atoms with Gasteiger partial charge in [0.1, 0.15) is 18.0 Å². The number of hydrogen-bond donors (Lipinski definition) is 3. The molecule has 1 heterocycles. The molecule has 0 aliphatic rings. The van der Waals surface area contributed by atoms with E-state index in [0.717, 1.165) is 27.6 Å². The maximum atomic E-state index is 12.3. The quantitative estimate of drug-likeness (QED) is 0.0884. The lowest BCUT2D eigenvalue weighted by Gasteiger charge is -2.09. The molecule has 0 aliphatic heterocycles. The van der Waals surface area contributed by atoms with Crippen molar-refractivity contribution in [3.05, 3.63) is 100 Å². The van der Waals surface area contributed by atoms with Crippen LogP contribution in [0.3, 0.4) is 0 Å². The first kappa shape index (κ1) is 25.2. The summed E-state index contributed by atoms with van der Waals surface area (Å²) in [6, 6.07) is 23.1. The van der Waals surface area contributed by atoms with E-state index >= 15 is 0 Å². The zero-order chi connectivity index (χ0) is 26.0. The lowest BCUT2D eigenvalue weighted by Crippen LogP contribution is -2.17. The Morgan fingerprint density at radius 2 is 1.81 bits per heavy atom. The number of amides is 1. The molecule has 0 atom stereocenters. The van der Waals surface area contributed by atoms with Gasteiger partial charge in [0.25, 0.3) is 11.6 Å². The number of hydrazone groups is 1. The smallest absolute Gasteiger partial charge is 0.292 e. The summed E-state index contributed by atoms with van der Waals surface area (Å²) in [5.41, 5.74) is 4.42. The average Bonchev–Trinajstić information content (AvgIpc) is 3.26. The van der Waals surface area contributed by atoms with Crippen LogP contribution in [-0.4, -0.2) is 37.7 Å². The first-order valence-electron chi connectivity index (χ1n) is 10.9. The Balaban J connectivity index is 1.32. The van der Waals surface area contributed by atoms with Gasteiger partial charge in [0.05, 0.1) is 16.9 Å². The lowest BCUT2D eigenvalue weighted by molar-refractivity contribution is -0.383. The van der Waals surface area contributed by atoms with E-state index in [0.29, 0.717) is 12.4 Å². The molecule has 3 aromatic carbocycles. The highest BCUT2D eigenvalue weighted by atomic mass is 32.2. The Kier molecular flexibility index (Phi) is 8.29. The maximum Gasteiger partial charge on any atom is 0.292 e. The van der Waals surface area contributed by atoms with Crippen LogP contribution in [0.5, 0.6) is 5.75 Å². The number of nitrogen functional groups attached to an aromatic ring is 1. The van der Waals surface area contributed by atoms with Gasteiger partial charge in [-0.2, -0.15) is 5.10 Å². The fourth-order valence-corrected chi connectivity index (χ4v) is 3.78. The highest BCUT2D eigenvalue weighted by molar-refractivity contribution is 7.99. The molecular weight excluding hydrogens is 496 g/mol. The van der Waals surface area contributed by atoms with Gasteiger partial charge in [-0.1, -0.05) is 66.4 Å². The van der Waals surface area contributed by atoms with Gasteiger partial charge in [-0.3, -0.25) is 14.9 Å². The number of para-hydroxylation sites is 3. The topological polar surface area (TPSA) is 163 Å². The SMILES string of the molecule is Nn1c(N/N=C/c2ccccc2OCc2ccccc2)nnc1SCC(=O)Nc1ccccc1[N+](=O)[O-]. The fraction of sp³-hybridized carbons (Fsp3) is 0.0833. The van der Waals surface area contributed by atoms with Crippen molar-refractivity contribution in [3.63, 3.8) is 0 Å². The number of nitrogens with zero attached hydrogens (tertiary/aromatic N) is 5. The number of aromatic nitrogens is 3. The predicted molar refractivity (Wildman–Crippen MR) is 141 cm³/mol. The van der Waals surface area contributed by atoms with Gasteiger partial charge in [-0.05, 0) is 23.8 Å². The second kappa shape index (κ2) is 12.2. The third kappa shape index (κ3) is 6.82. The van der Waals surface area contributed by atoms with Crippen molar-refractivity contribution in [2.75, 3.05) is 22.3 Å². The highest BCUT2D eigenvalue weighted by Crippen LogP contribution is 2.24. The number of nitro groups is 1. The van der Waals surface area contributed by atoms with E-state index in [9.17, 15) is 14.9 Å². The van der Waals surface area contributed by atoms with Crippen molar-refractivity contribution in [2.24, 2.45) is 5.10 Å².